The molecule has 0 atom stereocenters. The van der Waals surface area contributed by atoms with Gasteiger partial charge in [-0.25, -0.2) is 29.0 Å². The lowest BCUT2D eigenvalue weighted by atomic mass is 10.1. The van der Waals surface area contributed by atoms with Gasteiger partial charge in [-0.3, -0.25) is 9.78 Å². The first-order chi connectivity index (χ1) is 21.5. The maximum Gasteiger partial charge on any atom is 0.543 e. The highest BCUT2D eigenvalue weighted by Crippen LogP contribution is 2.20. The molecule has 0 spiro atoms. The predicted molar refractivity (Wildman–Crippen MR) is 150 cm³/mol. The summed E-state index contributed by atoms with van der Waals surface area (Å²) >= 11 is 0. The average molecular weight is 623 g/mol. The van der Waals surface area contributed by atoms with Crippen LogP contribution in [0, 0.1) is 0 Å². The molecule has 0 N–H and O–H groups in total. The first-order valence-corrected chi connectivity index (χ1v) is 14.3. The number of unbranched alkanes of at least 4 members (excludes halogenated alkanes) is 7. The molecule has 2 aromatic rings. The van der Waals surface area contributed by atoms with Crippen LogP contribution in [0.4, 0.5) is 9.59 Å². The second-order valence-electron chi connectivity index (χ2n) is 8.93. The lowest BCUT2D eigenvalue weighted by molar-refractivity contribution is -0.452. The van der Waals surface area contributed by atoms with Crippen molar-refractivity contribution in [3.63, 3.8) is 0 Å². The van der Waals surface area contributed by atoms with Crippen molar-refractivity contribution in [3.8, 4) is 11.5 Å². The fourth-order valence-corrected chi connectivity index (χ4v) is 3.70. The van der Waals surface area contributed by atoms with E-state index in [0.717, 1.165) is 38.5 Å². The normalized spacial score (nSPS) is 10.3. The molecule has 0 fully saturated rings. The standard InChI is InChI=1S/C30H38O14/c1-3-35-25-19-13-11-17-23(25)27(31)39-43-41-29(33)37-21-15-9-7-5-6-8-10-16-22-38-30(34)42-44-40-28(32)24-18-12-14-20-26(24)36-4-2/h11-14,17-20H,3-10,15-16,21-22H2,1-2H3. The molecular weight excluding hydrogens is 584 g/mol. The summed E-state index contributed by atoms with van der Waals surface area (Å²) in [6, 6.07) is 12.8. The Morgan fingerprint density at radius 3 is 1.25 bits per heavy atom. The number of hydrogen-bond acceptors (Lipinski definition) is 14. The van der Waals surface area contributed by atoms with Crippen molar-refractivity contribution in [1.82, 2.24) is 0 Å². The van der Waals surface area contributed by atoms with E-state index in [1.165, 1.54) is 12.1 Å². The molecule has 0 aliphatic carbocycles. The second kappa shape index (κ2) is 22.0. The molecule has 0 aliphatic heterocycles. The van der Waals surface area contributed by atoms with E-state index in [9.17, 15) is 19.2 Å². The topological polar surface area (TPSA) is 161 Å². The van der Waals surface area contributed by atoms with Crippen molar-refractivity contribution in [1.29, 1.82) is 0 Å². The quantitative estimate of drug-likeness (QED) is 0.0632. The van der Waals surface area contributed by atoms with Gasteiger partial charge in [0.2, 0.25) is 0 Å². The summed E-state index contributed by atoms with van der Waals surface area (Å²) in [6.07, 6.45) is 4.55. The largest absolute Gasteiger partial charge is 0.543 e. The molecular formula is C30H38O14. The monoisotopic (exact) mass is 622 g/mol. The van der Waals surface area contributed by atoms with E-state index < -0.39 is 24.2 Å². The molecule has 242 valence electrons. The Kier molecular flexibility index (Phi) is 17.9. The van der Waals surface area contributed by atoms with Crippen molar-refractivity contribution >= 4 is 24.2 Å². The van der Waals surface area contributed by atoms with Gasteiger partial charge in [-0.05, 0) is 51.0 Å². The number of rotatable bonds is 21. The van der Waals surface area contributed by atoms with Crippen LogP contribution in [0.25, 0.3) is 0 Å². The Hall–Kier alpha value is -4.56. The summed E-state index contributed by atoms with van der Waals surface area (Å²) in [5, 5.41) is 8.44. The van der Waals surface area contributed by atoms with Crippen LogP contribution in [0.5, 0.6) is 11.5 Å². The zero-order valence-electron chi connectivity index (χ0n) is 24.8. The summed E-state index contributed by atoms with van der Waals surface area (Å²) in [5.74, 6) is -1.15. The minimum Gasteiger partial charge on any atom is -0.493 e. The fourth-order valence-electron chi connectivity index (χ4n) is 3.70. The third-order valence-electron chi connectivity index (χ3n) is 5.72. The van der Waals surface area contributed by atoms with Crippen molar-refractivity contribution in [2.45, 2.75) is 65.2 Å². The van der Waals surface area contributed by atoms with E-state index in [0.29, 0.717) is 37.6 Å². The molecule has 0 saturated carbocycles. The summed E-state index contributed by atoms with van der Waals surface area (Å²) < 4.78 is 20.4. The van der Waals surface area contributed by atoms with Crippen LogP contribution in [0.1, 0.15) is 85.9 Å². The minimum atomic E-state index is -1.13. The van der Waals surface area contributed by atoms with E-state index >= 15 is 0 Å². The summed E-state index contributed by atoms with van der Waals surface area (Å²) in [4.78, 5) is 64.6. The van der Waals surface area contributed by atoms with Gasteiger partial charge in [0.25, 0.3) is 0 Å². The van der Waals surface area contributed by atoms with Crippen LogP contribution >= 0.6 is 0 Å². The highest BCUT2D eigenvalue weighted by atomic mass is 17.5. The molecule has 2 aromatic carbocycles. The third kappa shape index (κ3) is 14.6. The molecule has 0 amide bonds. The highest BCUT2D eigenvalue weighted by Gasteiger charge is 2.18. The summed E-state index contributed by atoms with van der Waals surface area (Å²) in [7, 11) is 0. The van der Waals surface area contributed by atoms with Crippen LogP contribution in [-0.4, -0.2) is 50.7 Å². The molecule has 0 heterocycles. The highest BCUT2D eigenvalue weighted by molar-refractivity contribution is 5.92. The predicted octanol–water partition coefficient (Wildman–Crippen LogP) is 6.62. The van der Waals surface area contributed by atoms with Crippen molar-refractivity contribution in [3.05, 3.63) is 59.7 Å². The van der Waals surface area contributed by atoms with Gasteiger partial charge in [0, 0.05) is 0 Å². The Morgan fingerprint density at radius 2 is 0.864 bits per heavy atom. The van der Waals surface area contributed by atoms with E-state index in [-0.39, 0.29) is 24.3 Å². The van der Waals surface area contributed by atoms with E-state index in [2.05, 4.69) is 29.6 Å². The van der Waals surface area contributed by atoms with E-state index in [1.807, 2.05) is 0 Å². The van der Waals surface area contributed by atoms with Crippen LogP contribution in [0.2, 0.25) is 0 Å². The van der Waals surface area contributed by atoms with E-state index in [1.54, 1.807) is 50.2 Å². The smallest absolute Gasteiger partial charge is 0.493 e. The molecule has 14 heteroatoms. The molecule has 44 heavy (non-hydrogen) atoms. The Morgan fingerprint density at radius 1 is 0.500 bits per heavy atom. The fraction of sp³-hybridized carbons (Fsp3) is 0.467. The van der Waals surface area contributed by atoms with Crippen LogP contribution in [0.15, 0.2) is 48.5 Å². The first kappa shape index (κ1) is 35.6. The van der Waals surface area contributed by atoms with Gasteiger partial charge in [-0.15, -0.1) is 0 Å². The molecule has 0 unspecified atom stereocenters. The van der Waals surface area contributed by atoms with Crippen molar-refractivity contribution < 1.29 is 67.8 Å². The van der Waals surface area contributed by atoms with Crippen LogP contribution in [-0.2, 0) is 39.1 Å². The van der Waals surface area contributed by atoms with Gasteiger partial charge in [0.1, 0.15) is 22.6 Å². The Bertz CT molecular complexity index is 1060. The SMILES string of the molecule is CCOc1ccccc1C(=O)OOOC(=O)OCCCCCCCCCCOC(=O)OOOC(=O)c1ccccc1OCC. The van der Waals surface area contributed by atoms with Gasteiger partial charge in [0.05, 0.1) is 36.5 Å². The molecule has 2 rings (SSSR count). The van der Waals surface area contributed by atoms with Crippen molar-refractivity contribution in [2.75, 3.05) is 26.4 Å². The summed E-state index contributed by atoms with van der Waals surface area (Å²) in [5.41, 5.74) is 0.237. The Labute approximate surface area is 255 Å². The molecule has 0 aliphatic rings. The zero-order valence-corrected chi connectivity index (χ0v) is 24.8. The average Bonchev–Trinajstić information content (AvgIpc) is 3.02. The van der Waals surface area contributed by atoms with E-state index in [4.69, 9.17) is 18.9 Å². The van der Waals surface area contributed by atoms with Gasteiger partial charge >= 0.3 is 24.2 Å². The van der Waals surface area contributed by atoms with Gasteiger partial charge in [-0.2, -0.15) is 0 Å². The molecule has 0 radical (unpaired) electrons. The number of ether oxygens (including phenoxy) is 4. The van der Waals surface area contributed by atoms with Crippen molar-refractivity contribution in [2.24, 2.45) is 0 Å². The molecule has 0 bridgehead atoms. The number of hydrogen-bond donors (Lipinski definition) is 0. The molecule has 0 aromatic heterocycles. The minimum absolute atomic E-state index is 0.118. The van der Waals surface area contributed by atoms with Gasteiger partial charge in [0.15, 0.2) is 0 Å². The maximum atomic E-state index is 12.0. The lowest BCUT2D eigenvalue weighted by Gasteiger charge is -2.08. The summed E-state index contributed by atoms with van der Waals surface area (Å²) in [6.45, 7) is 4.51. The van der Waals surface area contributed by atoms with Crippen LogP contribution < -0.4 is 9.47 Å². The Balaban J connectivity index is 1.38. The zero-order chi connectivity index (χ0) is 31.8. The number of carbonyl (C=O) groups excluding carboxylic acids is 4. The first-order valence-electron chi connectivity index (χ1n) is 14.3. The van der Waals surface area contributed by atoms with Gasteiger partial charge < -0.3 is 18.9 Å². The third-order valence-corrected chi connectivity index (χ3v) is 5.72. The maximum absolute atomic E-state index is 12.0. The van der Waals surface area contributed by atoms with Crippen LogP contribution in [0.3, 0.4) is 0 Å². The lowest BCUT2D eigenvalue weighted by Crippen LogP contribution is -2.13. The van der Waals surface area contributed by atoms with Gasteiger partial charge in [-0.1, -0.05) is 62.8 Å². The molecule has 0 saturated heterocycles. The molecule has 14 nitrogen and oxygen atoms in total. The number of para-hydroxylation sites is 2. The number of carbonyl (C=O) groups is 4. The second-order valence-corrected chi connectivity index (χ2v) is 8.93. The number of benzene rings is 2.